The van der Waals surface area contributed by atoms with Crippen molar-refractivity contribution in [1.82, 2.24) is 9.97 Å². The highest BCUT2D eigenvalue weighted by Gasteiger charge is 2.30. The second-order valence-corrected chi connectivity index (χ2v) is 4.28. The van der Waals surface area contributed by atoms with Gasteiger partial charge in [-0.15, -0.1) is 0 Å². The molecule has 0 amide bonds. The van der Waals surface area contributed by atoms with Gasteiger partial charge in [0.25, 0.3) is 0 Å². The summed E-state index contributed by atoms with van der Waals surface area (Å²) in [7, 11) is 0. The molecule has 1 N–H and O–H groups in total. The van der Waals surface area contributed by atoms with E-state index in [1.54, 1.807) is 6.20 Å². The van der Waals surface area contributed by atoms with E-state index in [4.69, 9.17) is 4.74 Å². The van der Waals surface area contributed by atoms with Crippen LogP contribution in [0.25, 0.3) is 0 Å². The predicted molar refractivity (Wildman–Crippen MR) is 61.5 cm³/mol. The first kappa shape index (κ1) is 9.46. The van der Waals surface area contributed by atoms with Crippen LogP contribution in [0.2, 0.25) is 0 Å². The molecule has 0 radical (unpaired) electrons. The van der Waals surface area contributed by atoms with Gasteiger partial charge in [-0.1, -0.05) is 25.1 Å². The van der Waals surface area contributed by atoms with Crippen molar-refractivity contribution in [2.24, 2.45) is 5.92 Å². The number of imidazole rings is 1. The van der Waals surface area contributed by atoms with Gasteiger partial charge in [0.05, 0.1) is 12.5 Å². The summed E-state index contributed by atoms with van der Waals surface area (Å²) < 4.78 is 5.72. The van der Waals surface area contributed by atoms with Crippen molar-refractivity contribution in [1.29, 1.82) is 0 Å². The summed E-state index contributed by atoms with van der Waals surface area (Å²) in [5.74, 6) is 2.78. The number of benzene rings is 1. The van der Waals surface area contributed by atoms with Crippen LogP contribution in [0.3, 0.4) is 0 Å². The van der Waals surface area contributed by atoms with Gasteiger partial charge < -0.3 is 9.72 Å². The van der Waals surface area contributed by atoms with E-state index in [0.717, 1.165) is 18.2 Å². The zero-order valence-electron chi connectivity index (χ0n) is 9.18. The van der Waals surface area contributed by atoms with Crippen molar-refractivity contribution in [3.05, 3.63) is 48.0 Å². The molecule has 82 valence electrons. The molecule has 16 heavy (non-hydrogen) atoms. The van der Waals surface area contributed by atoms with Crippen LogP contribution in [0.5, 0.6) is 5.75 Å². The zero-order valence-corrected chi connectivity index (χ0v) is 9.18. The van der Waals surface area contributed by atoms with Crippen molar-refractivity contribution in [2.75, 3.05) is 6.61 Å². The molecule has 3 heteroatoms. The Morgan fingerprint density at radius 1 is 1.38 bits per heavy atom. The number of hydrogen-bond acceptors (Lipinski definition) is 2. The van der Waals surface area contributed by atoms with E-state index >= 15 is 0 Å². The van der Waals surface area contributed by atoms with Crippen LogP contribution in [0.1, 0.15) is 24.2 Å². The Bertz CT molecular complexity index is 478. The predicted octanol–water partition coefficient (Wildman–Crippen LogP) is 2.57. The summed E-state index contributed by atoms with van der Waals surface area (Å²) in [6.07, 6.45) is 3.68. The molecular formula is C13H14N2O. The topological polar surface area (TPSA) is 37.9 Å². The fourth-order valence-electron chi connectivity index (χ4n) is 2.36. The Morgan fingerprint density at radius 3 is 3.06 bits per heavy atom. The fourth-order valence-corrected chi connectivity index (χ4v) is 2.36. The lowest BCUT2D eigenvalue weighted by molar-refractivity contribution is 0.215. The minimum absolute atomic E-state index is 0.319. The number of nitrogens with one attached hydrogen (secondary N) is 1. The van der Waals surface area contributed by atoms with Crippen LogP contribution in [0.4, 0.5) is 0 Å². The van der Waals surface area contributed by atoms with E-state index in [0.29, 0.717) is 11.8 Å². The maximum absolute atomic E-state index is 5.72. The summed E-state index contributed by atoms with van der Waals surface area (Å²) in [4.78, 5) is 7.59. The van der Waals surface area contributed by atoms with Crippen molar-refractivity contribution in [2.45, 2.75) is 12.8 Å². The molecule has 2 atom stereocenters. The van der Waals surface area contributed by atoms with Crippen LogP contribution >= 0.6 is 0 Å². The smallest absolute Gasteiger partial charge is 0.123 e. The number of nitrogens with zero attached hydrogens (tertiary/aromatic N) is 1. The molecule has 1 aromatic heterocycles. The molecule has 0 aliphatic carbocycles. The van der Waals surface area contributed by atoms with Crippen LogP contribution in [-0.2, 0) is 0 Å². The normalized spacial score (nSPS) is 23.6. The molecule has 0 bridgehead atoms. The van der Waals surface area contributed by atoms with Gasteiger partial charge in [0.15, 0.2) is 0 Å². The zero-order chi connectivity index (χ0) is 11.0. The quantitative estimate of drug-likeness (QED) is 0.792. The highest BCUT2D eigenvalue weighted by atomic mass is 16.5. The second kappa shape index (κ2) is 3.67. The number of hydrogen-bond donors (Lipinski definition) is 1. The summed E-state index contributed by atoms with van der Waals surface area (Å²) in [6, 6.07) is 8.21. The lowest BCUT2D eigenvalue weighted by atomic mass is 9.84. The third-order valence-corrected chi connectivity index (χ3v) is 3.14. The van der Waals surface area contributed by atoms with Gasteiger partial charge in [-0.25, -0.2) is 4.98 Å². The van der Waals surface area contributed by atoms with Gasteiger partial charge in [-0.3, -0.25) is 0 Å². The molecule has 0 saturated heterocycles. The minimum Gasteiger partial charge on any atom is -0.493 e. The highest BCUT2D eigenvalue weighted by Crippen LogP contribution is 2.39. The van der Waals surface area contributed by atoms with E-state index < -0.39 is 0 Å². The van der Waals surface area contributed by atoms with Gasteiger partial charge in [0, 0.05) is 23.9 Å². The van der Waals surface area contributed by atoms with Crippen LogP contribution in [-0.4, -0.2) is 16.6 Å². The molecule has 2 aromatic rings. The van der Waals surface area contributed by atoms with Crippen molar-refractivity contribution >= 4 is 0 Å². The third-order valence-electron chi connectivity index (χ3n) is 3.14. The number of ether oxygens (including phenoxy) is 1. The lowest BCUT2D eigenvalue weighted by Gasteiger charge is -2.30. The molecule has 1 aromatic carbocycles. The third kappa shape index (κ3) is 1.40. The average molecular weight is 214 g/mol. The first-order chi connectivity index (χ1) is 7.86. The van der Waals surface area contributed by atoms with E-state index in [9.17, 15) is 0 Å². The average Bonchev–Trinajstić information content (AvgIpc) is 2.82. The van der Waals surface area contributed by atoms with Crippen LogP contribution in [0, 0.1) is 5.92 Å². The minimum atomic E-state index is 0.319. The van der Waals surface area contributed by atoms with E-state index in [1.165, 1.54) is 5.56 Å². The van der Waals surface area contributed by atoms with E-state index in [-0.39, 0.29) is 0 Å². The molecular weight excluding hydrogens is 200 g/mol. The van der Waals surface area contributed by atoms with Crippen molar-refractivity contribution in [3.63, 3.8) is 0 Å². The number of para-hydroxylation sites is 1. The number of H-pyrrole nitrogens is 1. The molecule has 3 rings (SSSR count). The Labute approximate surface area is 94.5 Å². The Hall–Kier alpha value is -1.77. The summed E-state index contributed by atoms with van der Waals surface area (Å²) in [6.45, 7) is 2.95. The SMILES string of the molecule is C[C@@H]1COc2ccccc2[C@H]1c1ncc[nH]1. The van der Waals surface area contributed by atoms with Crippen molar-refractivity contribution < 1.29 is 4.74 Å². The molecule has 0 spiro atoms. The maximum atomic E-state index is 5.72. The Kier molecular flexibility index (Phi) is 2.17. The van der Waals surface area contributed by atoms with Gasteiger partial charge in [-0.2, -0.15) is 0 Å². The van der Waals surface area contributed by atoms with Gasteiger partial charge in [0.2, 0.25) is 0 Å². The Morgan fingerprint density at radius 2 is 2.25 bits per heavy atom. The number of aromatic nitrogens is 2. The fraction of sp³-hybridized carbons (Fsp3) is 0.308. The molecule has 0 fully saturated rings. The van der Waals surface area contributed by atoms with Gasteiger partial charge in [-0.05, 0) is 6.07 Å². The first-order valence-corrected chi connectivity index (χ1v) is 5.57. The summed E-state index contributed by atoms with van der Waals surface area (Å²) in [5, 5.41) is 0. The molecule has 1 aliphatic rings. The molecule has 1 aliphatic heterocycles. The highest BCUT2D eigenvalue weighted by molar-refractivity contribution is 5.41. The summed E-state index contributed by atoms with van der Waals surface area (Å²) in [5.41, 5.74) is 1.23. The van der Waals surface area contributed by atoms with Gasteiger partial charge in [0.1, 0.15) is 11.6 Å². The van der Waals surface area contributed by atoms with E-state index in [2.05, 4.69) is 29.0 Å². The number of aromatic amines is 1. The monoisotopic (exact) mass is 214 g/mol. The lowest BCUT2D eigenvalue weighted by Crippen LogP contribution is -2.25. The first-order valence-electron chi connectivity index (χ1n) is 5.57. The molecule has 3 nitrogen and oxygen atoms in total. The largest absolute Gasteiger partial charge is 0.493 e. The molecule has 2 heterocycles. The maximum Gasteiger partial charge on any atom is 0.123 e. The Balaban J connectivity index is 2.10. The van der Waals surface area contributed by atoms with Crippen LogP contribution in [0.15, 0.2) is 36.7 Å². The van der Waals surface area contributed by atoms with Gasteiger partial charge >= 0.3 is 0 Å². The number of fused-ring (bicyclic) bond motifs is 1. The number of rotatable bonds is 1. The molecule has 0 saturated carbocycles. The standard InChI is InChI=1S/C13H14N2O/c1-9-8-16-11-5-3-2-4-10(11)12(9)13-14-6-7-15-13/h2-7,9,12H,8H2,1H3,(H,14,15)/t9-,12+/m1/s1. The van der Waals surface area contributed by atoms with Crippen LogP contribution < -0.4 is 4.74 Å². The summed E-state index contributed by atoms with van der Waals surface area (Å²) >= 11 is 0. The molecule has 0 unspecified atom stereocenters. The van der Waals surface area contributed by atoms with Crippen molar-refractivity contribution in [3.8, 4) is 5.75 Å². The van der Waals surface area contributed by atoms with E-state index in [1.807, 2.05) is 18.3 Å². The second-order valence-electron chi connectivity index (χ2n) is 4.28.